The molecule has 1 aliphatic carbocycles. The van der Waals surface area contributed by atoms with Crippen LogP contribution in [0.4, 0.5) is 0 Å². The van der Waals surface area contributed by atoms with Gasteiger partial charge in [0, 0.05) is 18.2 Å². The molecule has 1 aromatic carbocycles. The molecule has 3 rings (SSSR count). The zero-order chi connectivity index (χ0) is 14.7. The molecule has 0 bridgehead atoms. The molecule has 4 nitrogen and oxygen atoms in total. The summed E-state index contributed by atoms with van der Waals surface area (Å²) in [6.45, 7) is 1.89. The van der Waals surface area contributed by atoms with Crippen molar-refractivity contribution in [2.24, 2.45) is 5.73 Å². The maximum Gasteiger partial charge on any atom is 0.233 e. The van der Waals surface area contributed by atoms with Crippen molar-refractivity contribution in [1.82, 2.24) is 4.90 Å². The van der Waals surface area contributed by atoms with Crippen LogP contribution in [0, 0.1) is 0 Å². The number of nitrogens with two attached hydrogens (primary N) is 1. The summed E-state index contributed by atoms with van der Waals surface area (Å²) in [5.74, 6) is 0.945. The molecule has 1 aromatic rings. The summed E-state index contributed by atoms with van der Waals surface area (Å²) >= 11 is 0. The quantitative estimate of drug-likeness (QED) is 0.904. The number of rotatable bonds is 5. The molecule has 1 fully saturated rings. The van der Waals surface area contributed by atoms with E-state index in [2.05, 4.69) is 4.90 Å². The Morgan fingerprint density at radius 2 is 2.05 bits per heavy atom. The Morgan fingerprint density at radius 1 is 1.29 bits per heavy atom. The lowest BCUT2D eigenvalue weighted by molar-refractivity contribution is -0.135. The summed E-state index contributed by atoms with van der Waals surface area (Å²) in [6, 6.07) is 8.29. The van der Waals surface area contributed by atoms with Crippen molar-refractivity contribution in [2.45, 2.75) is 44.1 Å². The van der Waals surface area contributed by atoms with E-state index in [1.807, 2.05) is 24.3 Å². The molecular formula is C17H24N2O2. The Kier molecular flexibility index (Phi) is 4.44. The molecule has 114 valence electrons. The monoisotopic (exact) mass is 288 g/mol. The predicted molar refractivity (Wildman–Crippen MR) is 82.3 cm³/mol. The van der Waals surface area contributed by atoms with Crippen molar-refractivity contribution in [2.75, 3.05) is 19.7 Å². The number of amides is 1. The average Bonchev–Trinajstić information content (AvgIpc) is 3.17. The lowest BCUT2D eigenvalue weighted by Gasteiger charge is -2.31. The summed E-state index contributed by atoms with van der Waals surface area (Å²) in [5.41, 5.74) is 6.68. The third-order valence-electron chi connectivity index (χ3n) is 4.65. The lowest BCUT2D eigenvalue weighted by atomic mass is 9.98. The fourth-order valence-electron chi connectivity index (χ4n) is 3.52. The minimum Gasteiger partial charge on any atom is -0.492 e. The molecule has 1 heterocycles. The van der Waals surface area contributed by atoms with Crippen LogP contribution in [-0.2, 0) is 4.79 Å². The highest BCUT2D eigenvalue weighted by Crippen LogP contribution is 2.36. The van der Waals surface area contributed by atoms with Gasteiger partial charge in [-0.15, -0.1) is 0 Å². The van der Waals surface area contributed by atoms with E-state index in [0.717, 1.165) is 37.1 Å². The number of hydrogen-bond donors (Lipinski definition) is 1. The number of fused-ring (bicyclic) bond motifs is 1. The average molecular weight is 288 g/mol. The van der Waals surface area contributed by atoms with E-state index in [-0.39, 0.29) is 11.8 Å². The van der Waals surface area contributed by atoms with Crippen LogP contribution in [-0.4, -0.2) is 36.5 Å². The van der Waals surface area contributed by atoms with Gasteiger partial charge in [-0.2, -0.15) is 0 Å². The molecule has 1 amide bonds. The molecule has 1 unspecified atom stereocenters. The van der Waals surface area contributed by atoms with Crippen LogP contribution in [0.15, 0.2) is 24.3 Å². The van der Waals surface area contributed by atoms with Gasteiger partial charge in [-0.1, -0.05) is 31.0 Å². The molecule has 2 aliphatic rings. The van der Waals surface area contributed by atoms with Crippen LogP contribution in [0.3, 0.4) is 0 Å². The normalized spacial score (nSPS) is 21.1. The van der Waals surface area contributed by atoms with Gasteiger partial charge in [0.05, 0.1) is 0 Å². The summed E-state index contributed by atoms with van der Waals surface area (Å²) in [7, 11) is 0. The Labute approximate surface area is 126 Å². The Morgan fingerprint density at radius 3 is 2.81 bits per heavy atom. The third kappa shape index (κ3) is 2.91. The molecule has 21 heavy (non-hydrogen) atoms. The first kappa shape index (κ1) is 14.4. The van der Waals surface area contributed by atoms with E-state index in [1.54, 1.807) is 0 Å². The lowest BCUT2D eigenvalue weighted by Crippen LogP contribution is -2.43. The number of ether oxygens (including phenoxy) is 1. The topological polar surface area (TPSA) is 55.6 Å². The SMILES string of the molecule is NCCCN(C(=O)C1COc2ccccc21)C1CCCC1. The van der Waals surface area contributed by atoms with Gasteiger partial charge in [0.1, 0.15) is 18.3 Å². The summed E-state index contributed by atoms with van der Waals surface area (Å²) < 4.78 is 5.68. The third-order valence-corrected chi connectivity index (χ3v) is 4.65. The molecular weight excluding hydrogens is 264 g/mol. The van der Waals surface area contributed by atoms with Crippen LogP contribution in [0.1, 0.15) is 43.6 Å². The Hall–Kier alpha value is -1.55. The van der Waals surface area contributed by atoms with E-state index >= 15 is 0 Å². The second kappa shape index (κ2) is 6.48. The highest BCUT2D eigenvalue weighted by molar-refractivity contribution is 5.86. The smallest absolute Gasteiger partial charge is 0.233 e. The minimum atomic E-state index is -0.139. The van der Waals surface area contributed by atoms with E-state index in [4.69, 9.17) is 10.5 Å². The largest absolute Gasteiger partial charge is 0.492 e. The highest BCUT2D eigenvalue weighted by Gasteiger charge is 2.36. The van der Waals surface area contributed by atoms with Crippen LogP contribution < -0.4 is 10.5 Å². The van der Waals surface area contributed by atoms with Gasteiger partial charge in [0.2, 0.25) is 5.91 Å². The van der Waals surface area contributed by atoms with Crippen molar-refractivity contribution in [3.63, 3.8) is 0 Å². The molecule has 2 N–H and O–H groups in total. The number of carbonyl (C=O) groups is 1. The highest BCUT2D eigenvalue weighted by atomic mass is 16.5. The molecule has 0 radical (unpaired) electrons. The first-order chi connectivity index (χ1) is 10.3. The predicted octanol–water partition coefficient (Wildman–Crippen LogP) is 2.28. The summed E-state index contributed by atoms with van der Waals surface area (Å²) in [5, 5.41) is 0. The Balaban J connectivity index is 1.77. The number of para-hydroxylation sites is 1. The maximum atomic E-state index is 13.0. The molecule has 4 heteroatoms. The molecule has 0 aromatic heterocycles. The molecule has 0 saturated heterocycles. The van der Waals surface area contributed by atoms with Gasteiger partial charge in [0.15, 0.2) is 0 Å². The van der Waals surface area contributed by atoms with Gasteiger partial charge in [-0.3, -0.25) is 4.79 Å². The van der Waals surface area contributed by atoms with Crippen molar-refractivity contribution in [1.29, 1.82) is 0 Å². The number of nitrogens with zero attached hydrogens (tertiary/aromatic N) is 1. The van der Waals surface area contributed by atoms with Gasteiger partial charge in [0.25, 0.3) is 0 Å². The van der Waals surface area contributed by atoms with Crippen LogP contribution in [0.25, 0.3) is 0 Å². The van der Waals surface area contributed by atoms with Crippen molar-refractivity contribution in [3.8, 4) is 5.75 Å². The second-order valence-corrected chi connectivity index (χ2v) is 6.01. The van der Waals surface area contributed by atoms with Crippen molar-refractivity contribution >= 4 is 5.91 Å². The fourth-order valence-corrected chi connectivity index (χ4v) is 3.52. The molecule has 1 atom stereocenters. The number of hydrogen-bond acceptors (Lipinski definition) is 3. The van der Waals surface area contributed by atoms with Crippen molar-refractivity contribution < 1.29 is 9.53 Å². The molecule has 1 saturated carbocycles. The number of benzene rings is 1. The number of carbonyl (C=O) groups excluding carboxylic acids is 1. The maximum absolute atomic E-state index is 13.0. The van der Waals surface area contributed by atoms with Crippen LogP contribution in [0.2, 0.25) is 0 Å². The van der Waals surface area contributed by atoms with Gasteiger partial charge in [-0.05, 0) is 31.9 Å². The summed E-state index contributed by atoms with van der Waals surface area (Å²) in [4.78, 5) is 15.1. The van der Waals surface area contributed by atoms with Crippen LogP contribution in [0.5, 0.6) is 5.75 Å². The first-order valence-corrected chi connectivity index (χ1v) is 8.03. The van der Waals surface area contributed by atoms with Crippen LogP contribution >= 0.6 is 0 Å². The van der Waals surface area contributed by atoms with Gasteiger partial charge in [-0.25, -0.2) is 0 Å². The zero-order valence-corrected chi connectivity index (χ0v) is 12.5. The second-order valence-electron chi connectivity index (χ2n) is 6.01. The van der Waals surface area contributed by atoms with E-state index in [1.165, 1.54) is 12.8 Å². The van der Waals surface area contributed by atoms with Crippen molar-refractivity contribution in [3.05, 3.63) is 29.8 Å². The molecule has 0 spiro atoms. The fraction of sp³-hybridized carbons (Fsp3) is 0.588. The minimum absolute atomic E-state index is 0.139. The van der Waals surface area contributed by atoms with E-state index in [0.29, 0.717) is 19.2 Å². The van der Waals surface area contributed by atoms with Gasteiger partial charge >= 0.3 is 0 Å². The standard InChI is InChI=1S/C17H24N2O2/c18-10-5-11-19(13-6-1-2-7-13)17(20)15-12-21-16-9-4-3-8-14(15)16/h3-4,8-9,13,15H,1-2,5-7,10-12,18H2. The van der Waals surface area contributed by atoms with Gasteiger partial charge < -0.3 is 15.4 Å². The first-order valence-electron chi connectivity index (χ1n) is 8.03. The van der Waals surface area contributed by atoms with E-state index < -0.39 is 0 Å². The molecule has 1 aliphatic heterocycles. The zero-order valence-electron chi connectivity index (χ0n) is 12.5. The Bertz CT molecular complexity index is 497. The van der Waals surface area contributed by atoms with E-state index in [9.17, 15) is 4.79 Å². The summed E-state index contributed by atoms with van der Waals surface area (Å²) in [6.07, 6.45) is 5.60.